The summed E-state index contributed by atoms with van der Waals surface area (Å²) in [6.45, 7) is 3.01. The maximum atomic E-state index is 11.9. The van der Waals surface area contributed by atoms with E-state index in [0.29, 0.717) is 48.5 Å². The van der Waals surface area contributed by atoms with Crippen LogP contribution in [0.15, 0.2) is 18.2 Å². The highest BCUT2D eigenvalue weighted by Gasteiger charge is 2.17. The predicted molar refractivity (Wildman–Crippen MR) is 79.2 cm³/mol. The van der Waals surface area contributed by atoms with Crippen LogP contribution in [0.5, 0.6) is 0 Å². The molecule has 1 aromatic carbocycles. The fraction of sp³-hybridized carbons (Fsp3) is 0.385. The number of carbonyl (C=O) groups is 2. The molecule has 0 atom stereocenters. The summed E-state index contributed by atoms with van der Waals surface area (Å²) in [6.07, 6.45) is 0.840. The number of piperazine rings is 1. The van der Waals surface area contributed by atoms with E-state index in [1.807, 2.05) is 4.90 Å². The molecule has 0 aromatic heterocycles. The average molecular weight is 316 g/mol. The molecule has 20 heavy (non-hydrogen) atoms. The SMILES string of the molecule is O=CN1CCN(CC(=O)Nc2ccc(Cl)c(Cl)c2)CC1. The molecule has 1 fully saturated rings. The second-order valence-corrected chi connectivity index (χ2v) is 5.41. The summed E-state index contributed by atoms with van der Waals surface area (Å²) < 4.78 is 0. The van der Waals surface area contributed by atoms with Crippen LogP contribution in [0.3, 0.4) is 0 Å². The number of anilines is 1. The topological polar surface area (TPSA) is 52.7 Å². The van der Waals surface area contributed by atoms with Gasteiger partial charge in [0.25, 0.3) is 0 Å². The van der Waals surface area contributed by atoms with Crippen LogP contribution in [0.25, 0.3) is 0 Å². The molecular weight excluding hydrogens is 301 g/mol. The van der Waals surface area contributed by atoms with Crippen LogP contribution < -0.4 is 5.32 Å². The molecule has 0 aliphatic carbocycles. The number of amides is 2. The minimum atomic E-state index is -0.108. The molecule has 1 aliphatic rings. The Bertz CT molecular complexity index is 502. The third kappa shape index (κ3) is 4.10. The van der Waals surface area contributed by atoms with Crippen molar-refractivity contribution in [2.24, 2.45) is 0 Å². The van der Waals surface area contributed by atoms with Gasteiger partial charge in [-0.1, -0.05) is 23.2 Å². The lowest BCUT2D eigenvalue weighted by atomic mass is 10.3. The standard InChI is InChI=1S/C13H15Cl2N3O2/c14-11-2-1-10(7-12(11)15)16-13(20)8-17-3-5-18(9-19)6-4-17/h1-2,7,9H,3-6,8H2,(H,16,20). The van der Waals surface area contributed by atoms with Crippen LogP contribution in [0.1, 0.15) is 0 Å². The first-order valence-corrected chi connectivity index (χ1v) is 7.00. The number of halogens is 2. The molecule has 7 heteroatoms. The van der Waals surface area contributed by atoms with Gasteiger partial charge in [-0.3, -0.25) is 14.5 Å². The Morgan fingerprint density at radius 2 is 1.90 bits per heavy atom. The fourth-order valence-corrected chi connectivity index (χ4v) is 2.30. The molecule has 0 saturated carbocycles. The molecule has 2 rings (SSSR count). The molecule has 1 aliphatic heterocycles. The Labute approximate surface area is 127 Å². The monoisotopic (exact) mass is 315 g/mol. The van der Waals surface area contributed by atoms with E-state index < -0.39 is 0 Å². The molecule has 0 bridgehead atoms. The average Bonchev–Trinajstić information content (AvgIpc) is 2.44. The zero-order valence-corrected chi connectivity index (χ0v) is 12.3. The van der Waals surface area contributed by atoms with Crippen LogP contribution in [0.4, 0.5) is 5.69 Å². The lowest BCUT2D eigenvalue weighted by Crippen LogP contribution is -2.48. The highest BCUT2D eigenvalue weighted by molar-refractivity contribution is 6.42. The zero-order chi connectivity index (χ0) is 14.5. The van der Waals surface area contributed by atoms with E-state index in [9.17, 15) is 9.59 Å². The highest BCUT2D eigenvalue weighted by atomic mass is 35.5. The summed E-state index contributed by atoms with van der Waals surface area (Å²) in [5.74, 6) is -0.108. The summed E-state index contributed by atoms with van der Waals surface area (Å²) in [6, 6.07) is 4.96. The first kappa shape index (κ1) is 15.1. The van der Waals surface area contributed by atoms with E-state index in [0.717, 1.165) is 6.41 Å². The first-order chi connectivity index (χ1) is 9.58. The number of rotatable bonds is 4. The Morgan fingerprint density at radius 3 is 2.50 bits per heavy atom. The number of nitrogens with zero attached hydrogens (tertiary/aromatic N) is 2. The summed E-state index contributed by atoms with van der Waals surface area (Å²) in [5, 5.41) is 3.64. The molecular formula is C13H15Cl2N3O2. The van der Waals surface area contributed by atoms with Crippen molar-refractivity contribution in [3.8, 4) is 0 Å². The van der Waals surface area contributed by atoms with Crippen molar-refractivity contribution >= 4 is 41.2 Å². The lowest BCUT2D eigenvalue weighted by molar-refractivity contribution is -0.120. The Morgan fingerprint density at radius 1 is 1.20 bits per heavy atom. The number of hydrogen-bond donors (Lipinski definition) is 1. The van der Waals surface area contributed by atoms with Crippen LogP contribution in [0.2, 0.25) is 10.0 Å². The fourth-order valence-electron chi connectivity index (χ4n) is 2.00. The van der Waals surface area contributed by atoms with E-state index in [2.05, 4.69) is 5.32 Å². The number of nitrogens with one attached hydrogen (secondary N) is 1. The summed E-state index contributed by atoms with van der Waals surface area (Å²) in [7, 11) is 0. The molecule has 0 unspecified atom stereocenters. The van der Waals surface area contributed by atoms with Crippen molar-refractivity contribution in [3.05, 3.63) is 28.2 Å². The van der Waals surface area contributed by atoms with E-state index in [4.69, 9.17) is 23.2 Å². The largest absolute Gasteiger partial charge is 0.343 e. The van der Waals surface area contributed by atoms with Crippen LogP contribution in [-0.4, -0.2) is 54.8 Å². The quantitative estimate of drug-likeness (QED) is 0.861. The molecule has 1 saturated heterocycles. The second kappa shape index (κ2) is 6.92. The number of carbonyl (C=O) groups excluding carboxylic acids is 2. The van der Waals surface area contributed by atoms with Gasteiger partial charge in [-0.25, -0.2) is 0 Å². The summed E-state index contributed by atoms with van der Waals surface area (Å²) in [4.78, 5) is 26.2. The van der Waals surface area contributed by atoms with Gasteiger partial charge in [0.15, 0.2) is 0 Å². The van der Waals surface area contributed by atoms with Crippen molar-refractivity contribution < 1.29 is 9.59 Å². The number of benzene rings is 1. The maximum absolute atomic E-state index is 11.9. The lowest BCUT2D eigenvalue weighted by Gasteiger charge is -2.31. The maximum Gasteiger partial charge on any atom is 0.238 e. The highest BCUT2D eigenvalue weighted by Crippen LogP contribution is 2.24. The molecule has 2 amide bonds. The van der Waals surface area contributed by atoms with Gasteiger partial charge in [-0.15, -0.1) is 0 Å². The Balaban J connectivity index is 1.83. The Kier molecular flexibility index (Phi) is 5.23. The van der Waals surface area contributed by atoms with Gasteiger partial charge < -0.3 is 10.2 Å². The van der Waals surface area contributed by atoms with Gasteiger partial charge in [0, 0.05) is 31.9 Å². The van der Waals surface area contributed by atoms with Crippen molar-refractivity contribution in [1.82, 2.24) is 9.80 Å². The predicted octanol–water partition coefficient (Wildman–Crippen LogP) is 1.71. The molecule has 5 nitrogen and oxygen atoms in total. The van der Waals surface area contributed by atoms with E-state index in [-0.39, 0.29) is 5.91 Å². The summed E-state index contributed by atoms with van der Waals surface area (Å²) in [5.41, 5.74) is 0.621. The van der Waals surface area contributed by atoms with E-state index in [1.54, 1.807) is 23.1 Å². The molecule has 0 spiro atoms. The van der Waals surface area contributed by atoms with Crippen molar-refractivity contribution in [3.63, 3.8) is 0 Å². The third-order valence-electron chi connectivity index (χ3n) is 3.13. The molecule has 1 N–H and O–H groups in total. The zero-order valence-electron chi connectivity index (χ0n) is 10.8. The van der Waals surface area contributed by atoms with Crippen molar-refractivity contribution in [2.45, 2.75) is 0 Å². The van der Waals surface area contributed by atoms with Gasteiger partial charge in [0.1, 0.15) is 0 Å². The van der Waals surface area contributed by atoms with Crippen molar-refractivity contribution in [2.75, 3.05) is 38.0 Å². The molecule has 108 valence electrons. The van der Waals surface area contributed by atoms with Crippen LogP contribution >= 0.6 is 23.2 Å². The van der Waals surface area contributed by atoms with Gasteiger partial charge in [0.05, 0.1) is 16.6 Å². The Hall–Kier alpha value is -1.30. The van der Waals surface area contributed by atoms with Gasteiger partial charge in [-0.05, 0) is 18.2 Å². The van der Waals surface area contributed by atoms with Crippen molar-refractivity contribution in [1.29, 1.82) is 0 Å². The van der Waals surface area contributed by atoms with Gasteiger partial charge in [-0.2, -0.15) is 0 Å². The van der Waals surface area contributed by atoms with Gasteiger partial charge >= 0.3 is 0 Å². The minimum Gasteiger partial charge on any atom is -0.343 e. The molecule has 0 radical (unpaired) electrons. The minimum absolute atomic E-state index is 0.108. The van der Waals surface area contributed by atoms with Gasteiger partial charge in [0.2, 0.25) is 12.3 Å². The second-order valence-electron chi connectivity index (χ2n) is 4.59. The molecule has 1 aromatic rings. The van der Waals surface area contributed by atoms with E-state index >= 15 is 0 Å². The van der Waals surface area contributed by atoms with Crippen LogP contribution in [-0.2, 0) is 9.59 Å². The number of hydrogen-bond acceptors (Lipinski definition) is 3. The normalized spacial score (nSPS) is 16.0. The molecule has 1 heterocycles. The summed E-state index contributed by atoms with van der Waals surface area (Å²) >= 11 is 11.7. The van der Waals surface area contributed by atoms with E-state index in [1.165, 1.54) is 0 Å². The van der Waals surface area contributed by atoms with Crippen LogP contribution in [0, 0.1) is 0 Å². The third-order valence-corrected chi connectivity index (χ3v) is 3.87. The first-order valence-electron chi connectivity index (χ1n) is 6.25. The smallest absolute Gasteiger partial charge is 0.238 e.